The molecule has 3 atom stereocenters. The fraction of sp³-hybridized carbons (Fsp3) is 0.300. The molecule has 2 aromatic rings. The SMILES string of the molecule is CC(=O)O[C@H]1c2c(S(=O)(=O)C(F)F)ccc([C@@H](O)c3cc(F)cc(C#N)c3)c2C[C@H]1F. The summed E-state index contributed by atoms with van der Waals surface area (Å²) in [7, 11) is -5.19. The highest BCUT2D eigenvalue weighted by Crippen LogP contribution is 2.45. The van der Waals surface area contributed by atoms with Gasteiger partial charge in [0.05, 0.1) is 16.5 Å². The van der Waals surface area contributed by atoms with Crippen LogP contribution in [0.2, 0.25) is 0 Å². The lowest BCUT2D eigenvalue weighted by molar-refractivity contribution is -0.149. The van der Waals surface area contributed by atoms with Crippen LogP contribution < -0.4 is 0 Å². The number of carbonyl (C=O) groups is 1. The van der Waals surface area contributed by atoms with E-state index in [1.54, 1.807) is 6.07 Å². The maximum atomic E-state index is 14.7. The van der Waals surface area contributed by atoms with Gasteiger partial charge in [0, 0.05) is 18.9 Å². The van der Waals surface area contributed by atoms with Crippen LogP contribution in [0.3, 0.4) is 0 Å². The number of esters is 1. The Balaban J connectivity index is 2.24. The zero-order valence-corrected chi connectivity index (χ0v) is 16.7. The van der Waals surface area contributed by atoms with Crippen molar-refractivity contribution in [2.24, 2.45) is 0 Å². The molecule has 0 amide bonds. The number of aliphatic hydroxyl groups is 1. The molecule has 0 saturated carbocycles. The Morgan fingerprint density at radius 2 is 1.97 bits per heavy atom. The number of ether oxygens (including phenoxy) is 1. The average molecular weight is 457 g/mol. The molecule has 11 heteroatoms. The molecular formula is C20H15F4NO5S. The molecule has 0 spiro atoms. The second-order valence-electron chi connectivity index (χ2n) is 6.89. The van der Waals surface area contributed by atoms with Gasteiger partial charge in [0.15, 0.2) is 6.10 Å². The Bertz CT molecular complexity index is 1190. The first-order valence-electron chi connectivity index (χ1n) is 8.85. The lowest BCUT2D eigenvalue weighted by Crippen LogP contribution is -2.19. The van der Waals surface area contributed by atoms with E-state index in [0.29, 0.717) is 0 Å². The van der Waals surface area contributed by atoms with Crippen molar-refractivity contribution in [1.29, 1.82) is 5.26 Å². The molecule has 6 nitrogen and oxygen atoms in total. The predicted octanol–water partition coefficient (Wildman–Crippen LogP) is 3.27. The van der Waals surface area contributed by atoms with Gasteiger partial charge in [-0.25, -0.2) is 17.2 Å². The number of benzene rings is 2. The molecule has 0 bridgehead atoms. The molecule has 1 aliphatic carbocycles. The standard InChI is InChI=1S/C20H15F4NO5S/c1-9(26)30-19-15(22)7-14-13(2-3-16(17(14)19)31(28,29)20(23)24)18(27)11-4-10(8-25)5-12(21)6-11/h2-6,15,18-20,27H,7H2,1H3/t15-,18+,19-/m1/s1. The first-order valence-corrected chi connectivity index (χ1v) is 10.4. The number of alkyl halides is 3. The molecule has 31 heavy (non-hydrogen) atoms. The second kappa shape index (κ2) is 8.28. The van der Waals surface area contributed by atoms with Crippen molar-refractivity contribution >= 4 is 15.8 Å². The molecule has 0 fully saturated rings. The summed E-state index contributed by atoms with van der Waals surface area (Å²) >= 11 is 0. The van der Waals surface area contributed by atoms with E-state index < -0.39 is 62.6 Å². The number of hydrogen-bond donors (Lipinski definition) is 1. The van der Waals surface area contributed by atoms with E-state index in [1.807, 2.05) is 0 Å². The van der Waals surface area contributed by atoms with E-state index in [4.69, 9.17) is 10.00 Å². The van der Waals surface area contributed by atoms with Gasteiger partial charge in [0.2, 0.25) is 9.84 Å². The summed E-state index contributed by atoms with van der Waals surface area (Å²) in [5.41, 5.74) is -0.916. The quantitative estimate of drug-likeness (QED) is 0.546. The smallest absolute Gasteiger partial charge is 0.341 e. The largest absolute Gasteiger partial charge is 0.454 e. The number of fused-ring (bicyclic) bond motifs is 1. The maximum Gasteiger partial charge on any atom is 0.341 e. The van der Waals surface area contributed by atoms with Crippen molar-refractivity contribution in [3.63, 3.8) is 0 Å². The number of nitriles is 1. The number of carbonyl (C=O) groups excluding carboxylic acids is 1. The van der Waals surface area contributed by atoms with Gasteiger partial charge in [-0.05, 0) is 41.0 Å². The minimum Gasteiger partial charge on any atom is -0.454 e. The molecule has 0 unspecified atom stereocenters. The van der Waals surface area contributed by atoms with Crippen molar-refractivity contribution in [2.75, 3.05) is 0 Å². The molecule has 164 valence electrons. The third-order valence-corrected chi connectivity index (χ3v) is 6.30. The average Bonchev–Trinajstić information content (AvgIpc) is 3.01. The van der Waals surface area contributed by atoms with Gasteiger partial charge < -0.3 is 9.84 Å². The number of hydrogen-bond acceptors (Lipinski definition) is 6. The highest BCUT2D eigenvalue weighted by Gasteiger charge is 2.43. The molecule has 0 aliphatic heterocycles. The minimum atomic E-state index is -5.19. The zero-order chi connectivity index (χ0) is 23.1. The Morgan fingerprint density at radius 1 is 1.29 bits per heavy atom. The van der Waals surface area contributed by atoms with Gasteiger partial charge in [0.1, 0.15) is 18.1 Å². The van der Waals surface area contributed by atoms with Gasteiger partial charge in [-0.3, -0.25) is 4.79 Å². The first kappa shape index (κ1) is 22.7. The molecule has 2 aromatic carbocycles. The topological polar surface area (TPSA) is 104 Å². The Hall–Kier alpha value is -2.97. The van der Waals surface area contributed by atoms with Crippen LogP contribution in [0.5, 0.6) is 0 Å². The van der Waals surface area contributed by atoms with Crippen LogP contribution in [-0.4, -0.2) is 31.4 Å². The lowest BCUT2D eigenvalue weighted by atomic mass is 9.93. The van der Waals surface area contributed by atoms with E-state index in [1.165, 1.54) is 6.07 Å². The second-order valence-corrected chi connectivity index (χ2v) is 8.77. The normalized spacial score (nSPS) is 19.0. The van der Waals surface area contributed by atoms with Crippen LogP contribution in [-0.2, 0) is 25.8 Å². The summed E-state index contributed by atoms with van der Waals surface area (Å²) in [5.74, 6) is -5.61. The summed E-state index contributed by atoms with van der Waals surface area (Å²) in [6.07, 6.45) is -5.90. The third kappa shape index (κ3) is 4.13. The lowest BCUT2D eigenvalue weighted by Gasteiger charge is -2.20. The predicted molar refractivity (Wildman–Crippen MR) is 97.9 cm³/mol. The van der Waals surface area contributed by atoms with Crippen molar-refractivity contribution in [3.8, 4) is 6.07 Å². The fourth-order valence-electron chi connectivity index (χ4n) is 3.61. The third-order valence-electron chi connectivity index (χ3n) is 4.86. The summed E-state index contributed by atoms with van der Waals surface area (Å²) in [6.45, 7) is 0.945. The Morgan fingerprint density at radius 3 is 2.55 bits per heavy atom. The summed E-state index contributed by atoms with van der Waals surface area (Å²) < 4.78 is 84.0. The summed E-state index contributed by atoms with van der Waals surface area (Å²) in [5, 5.41) is 19.7. The highest BCUT2D eigenvalue weighted by molar-refractivity contribution is 7.91. The van der Waals surface area contributed by atoms with Gasteiger partial charge in [-0.15, -0.1) is 0 Å². The van der Waals surface area contributed by atoms with Crippen LogP contribution >= 0.6 is 0 Å². The van der Waals surface area contributed by atoms with Crippen molar-refractivity contribution in [2.45, 2.75) is 42.4 Å². The van der Waals surface area contributed by atoms with Gasteiger partial charge in [0.25, 0.3) is 0 Å². The Kier molecular flexibility index (Phi) is 6.07. The number of nitrogens with zero attached hydrogens (tertiary/aromatic N) is 1. The van der Waals surface area contributed by atoms with Crippen molar-refractivity contribution in [3.05, 3.63) is 64.0 Å². The molecule has 1 N–H and O–H groups in total. The summed E-state index contributed by atoms with van der Waals surface area (Å²) in [6, 6.07) is 6.51. The fourth-order valence-corrected chi connectivity index (χ4v) is 4.60. The molecule has 0 heterocycles. The van der Waals surface area contributed by atoms with Crippen LogP contribution in [0.1, 0.15) is 46.9 Å². The molecular weight excluding hydrogens is 442 g/mol. The van der Waals surface area contributed by atoms with E-state index in [0.717, 1.165) is 31.2 Å². The first-order chi connectivity index (χ1) is 14.5. The number of aliphatic hydroxyl groups excluding tert-OH is 1. The molecule has 0 aromatic heterocycles. The minimum absolute atomic E-state index is 0.0880. The van der Waals surface area contributed by atoms with Crippen LogP contribution in [0.25, 0.3) is 0 Å². The zero-order valence-electron chi connectivity index (χ0n) is 15.9. The molecule has 0 saturated heterocycles. The van der Waals surface area contributed by atoms with Crippen LogP contribution in [0.4, 0.5) is 17.6 Å². The highest BCUT2D eigenvalue weighted by atomic mass is 32.2. The number of sulfone groups is 1. The molecule has 3 rings (SSSR count). The maximum absolute atomic E-state index is 14.7. The van der Waals surface area contributed by atoms with Gasteiger partial charge >= 0.3 is 11.7 Å². The number of halogens is 4. The Labute approximate surface area is 174 Å². The molecule has 0 radical (unpaired) electrons. The number of rotatable bonds is 5. The van der Waals surface area contributed by atoms with E-state index in [-0.39, 0.29) is 22.3 Å². The molecule has 1 aliphatic rings. The van der Waals surface area contributed by atoms with Crippen LogP contribution in [0, 0.1) is 17.1 Å². The van der Waals surface area contributed by atoms with E-state index in [9.17, 15) is 35.9 Å². The van der Waals surface area contributed by atoms with Gasteiger partial charge in [-0.1, -0.05) is 6.07 Å². The monoisotopic (exact) mass is 457 g/mol. The van der Waals surface area contributed by atoms with Crippen LogP contribution in [0.15, 0.2) is 35.2 Å². The summed E-state index contributed by atoms with van der Waals surface area (Å²) in [4.78, 5) is 10.5. The van der Waals surface area contributed by atoms with Crippen molar-refractivity contribution in [1.82, 2.24) is 0 Å². The van der Waals surface area contributed by atoms with Crippen molar-refractivity contribution < 1.29 is 40.6 Å². The van der Waals surface area contributed by atoms with E-state index >= 15 is 0 Å². The van der Waals surface area contributed by atoms with Gasteiger partial charge in [-0.2, -0.15) is 14.0 Å². The van der Waals surface area contributed by atoms with E-state index in [2.05, 4.69) is 0 Å².